The molecule has 0 aromatic heterocycles. The van der Waals surface area contributed by atoms with Crippen LogP contribution < -0.4 is 5.73 Å². The van der Waals surface area contributed by atoms with Gasteiger partial charge in [-0.3, -0.25) is 4.79 Å². The molecule has 2 N–H and O–H groups in total. The van der Waals surface area contributed by atoms with Gasteiger partial charge in [0.25, 0.3) is 0 Å². The highest BCUT2D eigenvalue weighted by molar-refractivity contribution is 5.77. The van der Waals surface area contributed by atoms with Crippen LogP contribution in [0.4, 0.5) is 4.39 Å². The van der Waals surface area contributed by atoms with E-state index in [4.69, 9.17) is 5.73 Å². The van der Waals surface area contributed by atoms with Crippen LogP contribution in [0.5, 0.6) is 0 Å². The van der Waals surface area contributed by atoms with Crippen molar-refractivity contribution in [1.29, 1.82) is 0 Å². The summed E-state index contributed by atoms with van der Waals surface area (Å²) < 4.78 is 13.7. The van der Waals surface area contributed by atoms with Gasteiger partial charge in [0.05, 0.1) is 6.04 Å². The van der Waals surface area contributed by atoms with Crippen molar-refractivity contribution in [2.75, 3.05) is 7.05 Å². The minimum absolute atomic E-state index is 0.0184. The number of carbonyl (C=O) groups excluding carboxylic acids is 1. The van der Waals surface area contributed by atoms with Gasteiger partial charge in [0.15, 0.2) is 0 Å². The van der Waals surface area contributed by atoms with Crippen molar-refractivity contribution in [2.24, 2.45) is 11.7 Å². The number of nitrogens with zero attached hydrogens (tertiary/aromatic N) is 1. The van der Waals surface area contributed by atoms with Gasteiger partial charge in [-0.1, -0.05) is 18.2 Å². The average Bonchev–Trinajstić information content (AvgIpc) is 3.21. The molecule has 0 saturated heterocycles. The smallest absolute Gasteiger partial charge is 0.224 e. The molecule has 1 saturated carbocycles. The Morgan fingerprint density at radius 2 is 2.11 bits per heavy atom. The summed E-state index contributed by atoms with van der Waals surface area (Å²) >= 11 is 0. The molecule has 0 aliphatic heterocycles. The standard InChI is InChI=1S/C15H21FN2O/c1-10(12-5-3-4-6-13(12)16)18(2)15(19)9-14(17)11-7-8-11/h3-6,10-11,14H,7-9,17H2,1-2H3. The molecule has 3 nitrogen and oxygen atoms in total. The monoisotopic (exact) mass is 264 g/mol. The molecule has 1 fully saturated rings. The van der Waals surface area contributed by atoms with Crippen LogP contribution in [0.15, 0.2) is 24.3 Å². The van der Waals surface area contributed by atoms with Crippen molar-refractivity contribution in [1.82, 2.24) is 4.90 Å². The molecular weight excluding hydrogens is 243 g/mol. The third-order valence-corrected chi connectivity index (χ3v) is 3.97. The number of amides is 1. The summed E-state index contributed by atoms with van der Waals surface area (Å²) in [4.78, 5) is 13.7. The Hall–Kier alpha value is -1.42. The van der Waals surface area contributed by atoms with Crippen molar-refractivity contribution in [3.8, 4) is 0 Å². The van der Waals surface area contributed by atoms with E-state index in [1.807, 2.05) is 6.92 Å². The maximum atomic E-state index is 13.7. The summed E-state index contributed by atoms with van der Waals surface area (Å²) in [5, 5.41) is 0. The van der Waals surface area contributed by atoms with E-state index in [-0.39, 0.29) is 23.8 Å². The normalized spacial score (nSPS) is 17.9. The van der Waals surface area contributed by atoms with Crippen LogP contribution in [-0.4, -0.2) is 23.9 Å². The van der Waals surface area contributed by atoms with Gasteiger partial charge >= 0.3 is 0 Å². The first kappa shape index (κ1) is 14.0. The molecule has 0 heterocycles. The third-order valence-electron chi connectivity index (χ3n) is 3.97. The highest BCUT2D eigenvalue weighted by Crippen LogP contribution is 2.33. The molecule has 2 rings (SSSR count). The summed E-state index contributed by atoms with van der Waals surface area (Å²) in [6, 6.07) is 6.23. The molecule has 1 amide bonds. The van der Waals surface area contributed by atoms with Crippen molar-refractivity contribution in [2.45, 2.75) is 38.3 Å². The fourth-order valence-electron chi connectivity index (χ4n) is 2.28. The first-order valence-electron chi connectivity index (χ1n) is 6.76. The molecule has 1 aliphatic carbocycles. The van der Waals surface area contributed by atoms with E-state index in [1.165, 1.54) is 6.07 Å². The van der Waals surface area contributed by atoms with Crippen LogP contribution >= 0.6 is 0 Å². The molecule has 104 valence electrons. The lowest BCUT2D eigenvalue weighted by Gasteiger charge is -2.27. The minimum Gasteiger partial charge on any atom is -0.339 e. The van der Waals surface area contributed by atoms with Crippen LogP contribution in [-0.2, 0) is 4.79 Å². The van der Waals surface area contributed by atoms with E-state index in [0.29, 0.717) is 17.9 Å². The van der Waals surface area contributed by atoms with E-state index in [9.17, 15) is 9.18 Å². The molecule has 19 heavy (non-hydrogen) atoms. The number of carbonyl (C=O) groups is 1. The van der Waals surface area contributed by atoms with Gasteiger partial charge in [-0.15, -0.1) is 0 Å². The predicted octanol–water partition coefficient (Wildman–Crippen LogP) is 2.47. The number of halogens is 1. The first-order chi connectivity index (χ1) is 9.00. The SMILES string of the molecule is CC(c1ccccc1F)N(C)C(=O)CC(N)C1CC1. The largest absolute Gasteiger partial charge is 0.339 e. The second-order valence-electron chi connectivity index (χ2n) is 5.41. The lowest BCUT2D eigenvalue weighted by molar-refractivity contribution is -0.132. The van der Waals surface area contributed by atoms with Crippen LogP contribution in [0, 0.1) is 11.7 Å². The number of hydrogen-bond donors (Lipinski definition) is 1. The maximum Gasteiger partial charge on any atom is 0.224 e. The van der Waals surface area contributed by atoms with Crippen molar-refractivity contribution < 1.29 is 9.18 Å². The van der Waals surface area contributed by atoms with Gasteiger partial charge in [0.1, 0.15) is 5.82 Å². The molecule has 1 aromatic carbocycles. The Kier molecular flexibility index (Phi) is 4.20. The fraction of sp³-hybridized carbons (Fsp3) is 0.533. The lowest BCUT2D eigenvalue weighted by atomic mass is 10.0. The Morgan fingerprint density at radius 1 is 1.47 bits per heavy atom. The summed E-state index contributed by atoms with van der Waals surface area (Å²) in [6.45, 7) is 1.83. The minimum atomic E-state index is -0.278. The summed E-state index contributed by atoms with van der Waals surface area (Å²) in [6.07, 6.45) is 2.60. The van der Waals surface area contributed by atoms with Gasteiger partial charge in [0, 0.05) is 25.1 Å². The highest BCUT2D eigenvalue weighted by Gasteiger charge is 2.31. The van der Waals surface area contributed by atoms with E-state index in [2.05, 4.69) is 0 Å². The quantitative estimate of drug-likeness (QED) is 0.888. The number of hydrogen-bond acceptors (Lipinski definition) is 2. The lowest BCUT2D eigenvalue weighted by Crippen LogP contribution is -2.36. The molecule has 2 atom stereocenters. The van der Waals surface area contributed by atoms with E-state index in [1.54, 1.807) is 30.1 Å². The Bertz CT molecular complexity index is 459. The molecule has 0 spiro atoms. The highest BCUT2D eigenvalue weighted by atomic mass is 19.1. The van der Waals surface area contributed by atoms with Crippen LogP contribution in [0.3, 0.4) is 0 Å². The van der Waals surface area contributed by atoms with Crippen LogP contribution in [0.25, 0.3) is 0 Å². The topological polar surface area (TPSA) is 46.3 Å². The van der Waals surface area contributed by atoms with Crippen LogP contribution in [0.1, 0.15) is 37.8 Å². The van der Waals surface area contributed by atoms with Crippen LogP contribution in [0.2, 0.25) is 0 Å². The van der Waals surface area contributed by atoms with Crippen molar-refractivity contribution >= 4 is 5.91 Å². The van der Waals surface area contributed by atoms with E-state index in [0.717, 1.165) is 12.8 Å². The average molecular weight is 264 g/mol. The summed E-state index contributed by atoms with van der Waals surface area (Å²) in [5.74, 6) is 0.206. The Labute approximate surface area is 113 Å². The van der Waals surface area contributed by atoms with Crippen molar-refractivity contribution in [3.63, 3.8) is 0 Å². The van der Waals surface area contributed by atoms with Crippen molar-refractivity contribution in [3.05, 3.63) is 35.6 Å². The first-order valence-corrected chi connectivity index (χ1v) is 6.76. The molecule has 1 aliphatic rings. The fourth-order valence-corrected chi connectivity index (χ4v) is 2.28. The van der Waals surface area contributed by atoms with Gasteiger partial charge in [-0.05, 0) is 31.7 Å². The van der Waals surface area contributed by atoms with Gasteiger partial charge < -0.3 is 10.6 Å². The number of benzene rings is 1. The summed E-state index contributed by atoms with van der Waals surface area (Å²) in [5.41, 5.74) is 6.50. The van der Waals surface area contributed by atoms with Gasteiger partial charge in [0.2, 0.25) is 5.91 Å². The zero-order chi connectivity index (χ0) is 14.0. The van der Waals surface area contributed by atoms with E-state index >= 15 is 0 Å². The number of nitrogens with two attached hydrogens (primary N) is 1. The zero-order valence-corrected chi connectivity index (χ0v) is 11.5. The zero-order valence-electron chi connectivity index (χ0n) is 11.5. The second-order valence-corrected chi connectivity index (χ2v) is 5.41. The predicted molar refractivity (Wildman–Crippen MR) is 72.9 cm³/mol. The molecule has 2 unspecified atom stereocenters. The second kappa shape index (κ2) is 5.70. The molecule has 0 radical (unpaired) electrons. The Morgan fingerprint density at radius 3 is 2.68 bits per heavy atom. The van der Waals surface area contributed by atoms with Gasteiger partial charge in [-0.25, -0.2) is 4.39 Å². The molecule has 0 bridgehead atoms. The van der Waals surface area contributed by atoms with E-state index < -0.39 is 0 Å². The molecular formula is C15H21FN2O. The number of rotatable bonds is 5. The third kappa shape index (κ3) is 3.32. The Balaban J connectivity index is 1.99. The summed E-state index contributed by atoms with van der Waals surface area (Å²) in [7, 11) is 1.71. The maximum absolute atomic E-state index is 13.7. The molecule has 4 heteroatoms. The molecule has 1 aromatic rings. The van der Waals surface area contributed by atoms with Gasteiger partial charge in [-0.2, -0.15) is 0 Å².